The lowest BCUT2D eigenvalue weighted by Crippen LogP contribution is -2.02. The average Bonchev–Trinajstić information content (AvgIpc) is 2.66. The molecule has 1 heterocycles. The SMILES string of the molecule is COc1ccc(Nc2ncc(C)c(Nc3ccc(OC)cc3)n2)cc1. The maximum atomic E-state index is 5.17. The number of anilines is 4. The summed E-state index contributed by atoms with van der Waals surface area (Å²) >= 11 is 0. The molecule has 3 rings (SSSR count). The van der Waals surface area contributed by atoms with Crippen LogP contribution in [0.4, 0.5) is 23.1 Å². The van der Waals surface area contributed by atoms with Gasteiger partial charge >= 0.3 is 0 Å². The molecule has 0 bridgehead atoms. The van der Waals surface area contributed by atoms with Crippen LogP contribution in [-0.4, -0.2) is 24.2 Å². The van der Waals surface area contributed by atoms with Crippen molar-refractivity contribution in [3.63, 3.8) is 0 Å². The Morgan fingerprint density at radius 1 is 0.760 bits per heavy atom. The number of methoxy groups -OCH3 is 2. The highest BCUT2D eigenvalue weighted by Gasteiger charge is 2.05. The van der Waals surface area contributed by atoms with Crippen LogP contribution in [0.2, 0.25) is 0 Å². The fourth-order valence-corrected chi connectivity index (χ4v) is 2.24. The lowest BCUT2D eigenvalue weighted by atomic mass is 10.3. The van der Waals surface area contributed by atoms with Gasteiger partial charge in [-0.25, -0.2) is 4.98 Å². The third-order valence-electron chi connectivity index (χ3n) is 3.67. The summed E-state index contributed by atoms with van der Waals surface area (Å²) in [5.41, 5.74) is 2.77. The number of nitrogens with zero attached hydrogens (tertiary/aromatic N) is 2. The van der Waals surface area contributed by atoms with Crippen LogP contribution in [0.25, 0.3) is 0 Å². The van der Waals surface area contributed by atoms with Crippen LogP contribution >= 0.6 is 0 Å². The Kier molecular flexibility index (Phi) is 4.99. The van der Waals surface area contributed by atoms with Gasteiger partial charge in [0.15, 0.2) is 0 Å². The van der Waals surface area contributed by atoms with Gasteiger partial charge in [0.2, 0.25) is 5.95 Å². The number of hydrogen-bond donors (Lipinski definition) is 2. The molecule has 0 aliphatic heterocycles. The van der Waals surface area contributed by atoms with Crippen molar-refractivity contribution in [2.24, 2.45) is 0 Å². The van der Waals surface area contributed by atoms with E-state index in [4.69, 9.17) is 9.47 Å². The summed E-state index contributed by atoms with van der Waals surface area (Å²) in [5, 5.41) is 6.49. The molecule has 25 heavy (non-hydrogen) atoms. The quantitative estimate of drug-likeness (QED) is 0.700. The van der Waals surface area contributed by atoms with Gasteiger partial charge in [0.05, 0.1) is 14.2 Å². The van der Waals surface area contributed by atoms with Crippen LogP contribution in [0.1, 0.15) is 5.56 Å². The number of nitrogens with one attached hydrogen (secondary N) is 2. The molecule has 1 aromatic heterocycles. The molecule has 0 amide bonds. The molecule has 0 fully saturated rings. The third-order valence-corrected chi connectivity index (χ3v) is 3.67. The molecule has 6 nitrogen and oxygen atoms in total. The summed E-state index contributed by atoms with van der Waals surface area (Å²) in [4.78, 5) is 8.88. The van der Waals surface area contributed by atoms with Crippen LogP contribution in [-0.2, 0) is 0 Å². The zero-order valence-electron chi connectivity index (χ0n) is 14.4. The Bertz CT molecular complexity index is 833. The van der Waals surface area contributed by atoms with Crippen molar-refractivity contribution in [3.05, 3.63) is 60.3 Å². The van der Waals surface area contributed by atoms with Gasteiger partial charge < -0.3 is 20.1 Å². The highest BCUT2D eigenvalue weighted by atomic mass is 16.5. The van der Waals surface area contributed by atoms with E-state index in [2.05, 4.69) is 20.6 Å². The highest BCUT2D eigenvalue weighted by molar-refractivity contribution is 5.62. The van der Waals surface area contributed by atoms with Crippen molar-refractivity contribution in [2.45, 2.75) is 6.92 Å². The molecule has 6 heteroatoms. The molecule has 0 unspecified atom stereocenters. The van der Waals surface area contributed by atoms with E-state index in [9.17, 15) is 0 Å². The molecule has 0 aliphatic carbocycles. The number of benzene rings is 2. The minimum atomic E-state index is 0.520. The normalized spacial score (nSPS) is 10.2. The van der Waals surface area contributed by atoms with Gasteiger partial charge in [-0.1, -0.05) is 0 Å². The third kappa shape index (κ3) is 4.17. The molecule has 0 spiro atoms. The predicted octanol–water partition coefficient (Wildman–Crippen LogP) is 4.29. The summed E-state index contributed by atoms with van der Waals surface area (Å²) in [7, 11) is 3.29. The van der Waals surface area contributed by atoms with Gasteiger partial charge in [-0.05, 0) is 55.5 Å². The lowest BCUT2D eigenvalue weighted by molar-refractivity contribution is 0.415. The monoisotopic (exact) mass is 336 g/mol. The first-order chi connectivity index (χ1) is 12.2. The van der Waals surface area contributed by atoms with Gasteiger partial charge in [-0.15, -0.1) is 0 Å². The van der Waals surface area contributed by atoms with E-state index in [1.807, 2.05) is 55.5 Å². The highest BCUT2D eigenvalue weighted by Crippen LogP contribution is 2.23. The maximum absolute atomic E-state index is 5.17. The van der Waals surface area contributed by atoms with Crippen molar-refractivity contribution in [3.8, 4) is 11.5 Å². The first kappa shape index (κ1) is 16.6. The molecule has 128 valence electrons. The Balaban J connectivity index is 1.76. The molecule has 0 saturated carbocycles. The standard InChI is InChI=1S/C19H20N4O2/c1-13-12-20-19(22-15-6-10-17(25-3)11-7-15)23-18(13)21-14-4-8-16(24-2)9-5-14/h4-12H,1-3H3,(H2,20,21,22,23). The van der Waals surface area contributed by atoms with E-state index >= 15 is 0 Å². The lowest BCUT2D eigenvalue weighted by Gasteiger charge is -2.11. The topological polar surface area (TPSA) is 68.3 Å². The average molecular weight is 336 g/mol. The van der Waals surface area contributed by atoms with Crippen LogP contribution < -0.4 is 20.1 Å². The zero-order valence-corrected chi connectivity index (χ0v) is 14.4. The fourth-order valence-electron chi connectivity index (χ4n) is 2.24. The van der Waals surface area contributed by atoms with Crippen molar-refractivity contribution >= 4 is 23.1 Å². The van der Waals surface area contributed by atoms with E-state index in [0.717, 1.165) is 34.3 Å². The van der Waals surface area contributed by atoms with Crippen LogP contribution in [0.3, 0.4) is 0 Å². The number of ether oxygens (including phenoxy) is 2. The van der Waals surface area contributed by atoms with E-state index in [1.165, 1.54) is 0 Å². The smallest absolute Gasteiger partial charge is 0.229 e. The van der Waals surface area contributed by atoms with Crippen molar-refractivity contribution in [2.75, 3.05) is 24.9 Å². The second-order valence-electron chi connectivity index (χ2n) is 5.43. The fraction of sp³-hybridized carbons (Fsp3) is 0.158. The Labute approximate surface area is 146 Å². The van der Waals surface area contributed by atoms with Crippen LogP contribution in [0.15, 0.2) is 54.7 Å². The minimum Gasteiger partial charge on any atom is -0.497 e. The van der Waals surface area contributed by atoms with E-state index in [1.54, 1.807) is 20.4 Å². The maximum Gasteiger partial charge on any atom is 0.229 e. The number of aromatic nitrogens is 2. The molecule has 2 aromatic carbocycles. The summed E-state index contributed by atoms with van der Waals surface area (Å²) < 4.78 is 10.3. The molecule has 0 radical (unpaired) electrons. The van der Waals surface area contributed by atoms with Crippen LogP contribution in [0.5, 0.6) is 11.5 Å². The largest absolute Gasteiger partial charge is 0.497 e. The number of aryl methyl sites for hydroxylation is 1. The summed E-state index contributed by atoms with van der Waals surface area (Å²) in [6.45, 7) is 1.96. The van der Waals surface area contributed by atoms with E-state index in [-0.39, 0.29) is 0 Å². The molecule has 0 atom stereocenters. The first-order valence-electron chi connectivity index (χ1n) is 7.84. The second-order valence-corrected chi connectivity index (χ2v) is 5.43. The number of rotatable bonds is 6. The molecule has 0 aliphatic rings. The molecular weight excluding hydrogens is 316 g/mol. The minimum absolute atomic E-state index is 0.520. The van der Waals surface area contributed by atoms with Crippen molar-refractivity contribution in [1.29, 1.82) is 0 Å². The van der Waals surface area contributed by atoms with Crippen molar-refractivity contribution < 1.29 is 9.47 Å². The van der Waals surface area contributed by atoms with E-state index < -0.39 is 0 Å². The summed E-state index contributed by atoms with van der Waals surface area (Å²) in [5.74, 6) is 2.88. The first-order valence-corrected chi connectivity index (χ1v) is 7.84. The molecule has 0 saturated heterocycles. The summed E-state index contributed by atoms with van der Waals surface area (Å²) in [6.07, 6.45) is 1.78. The van der Waals surface area contributed by atoms with Gasteiger partial charge in [0.1, 0.15) is 17.3 Å². The second kappa shape index (κ2) is 7.53. The Morgan fingerprint density at radius 3 is 1.80 bits per heavy atom. The zero-order chi connectivity index (χ0) is 17.6. The van der Waals surface area contributed by atoms with Gasteiger partial charge in [0, 0.05) is 23.1 Å². The Morgan fingerprint density at radius 2 is 1.28 bits per heavy atom. The van der Waals surface area contributed by atoms with Crippen molar-refractivity contribution in [1.82, 2.24) is 9.97 Å². The van der Waals surface area contributed by atoms with Crippen LogP contribution in [0, 0.1) is 6.92 Å². The van der Waals surface area contributed by atoms with E-state index in [0.29, 0.717) is 5.95 Å². The van der Waals surface area contributed by atoms with Gasteiger partial charge in [0.25, 0.3) is 0 Å². The number of hydrogen-bond acceptors (Lipinski definition) is 6. The summed E-state index contributed by atoms with van der Waals surface area (Å²) in [6, 6.07) is 15.3. The Hall–Kier alpha value is -3.28. The van der Waals surface area contributed by atoms with Gasteiger partial charge in [-0.3, -0.25) is 0 Å². The van der Waals surface area contributed by atoms with Gasteiger partial charge in [-0.2, -0.15) is 4.98 Å². The predicted molar refractivity (Wildman–Crippen MR) is 99.3 cm³/mol. The molecular formula is C19H20N4O2. The molecule has 3 aromatic rings. The molecule has 2 N–H and O–H groups in total.